The monoisotopic (exact) mass is 295 g/mol. The number of aromatic nitrogens is 2. The Balaban J connectivity index is 1.87. The molecular weight excluding hydrogens is 270 g/mol. The van der Waals surface area contributed by atoms with Gasteiger partial charge in [0.25, 0.3) is 0 Å². The fraction of sp³-hybridized carbons (Fsp3) is 0.800. The Morgan fingerprint density at radius 1 is 1.43 bits per heavy atom. The lowest BCUT2D eigenvalue weighted by Gasteiger charge is -2.33. The van der Waals surface area contributed by atoms with E-state index in [1.54, 1.807) is 0 Å². The number of carbonyl (C=O) groups is 1. The highest BCUT2D eigenvalue weighted by Gasteiger charge is 2.30. The summed E-state index contributed by atoms with van der Waals surface area (Å²) in [5, 5.41) is 4.00. The number of nitrogens with zero attached hydrogens (tertiary/aromatic N) is 3. The van der Waals surface area contributed by atoms with Crippen LogP contribution >= 0.6 is 0 Å². The van der Waals surface area contributed by atoms with Gasteiger partial charge >= 0.3 is 5.97 Å². The van der Waals surface area contributed by atoms with Crippen molar-refractivity contribution in [2.45, 2.75) is 52.5 Å². The lowest BCUT2D eigenvalue weighted by atomic mass is 9.96. The molecule has 1 fully saturated rings. The maximum Gasteiger partial charge on any atom is 0.309 e. The Kier molecular flexibility index (Phi) is 5.73. The molecular formula is C15H25N3O3. The summed E-state index contributed by atoms with van der Waals surface area (Å²) in [6, 6.07) is 0.103. The Morgan fingerprint density at radius 2 is 2.14 bits per heavy atom. The van der Waals surface area contributed by atoms with Gasteiger partial charge in [0, 0.05) is 6.42 Å². The Labute approximate surface area is 125 Å². The minimum Gasteiger partial charge on any atom is -0.466 e. The highest BCUT2D eigenvalue weighted by Crippen LogP contribution is 2.26. The molecule has 0 spiro atoms. The average Bonchev–Trinajstić information content (AvgIpc) is 2.96. The second kappa shape index (κ2) is 7.54. The summed E-state index contributed by atoms with van der Waals surface area (Å²) in [5.41, 5.74) is 0. The van der Waals surface area contributed by atoms with E-state index in [-0.39, 0.29) is 17.9 Å². The first kappa shape index (κ1) is 15.9. The van der Waals surface area contributed by atoms with Gasteiger partial charge in [-0.25, -0.2) is 0 Å². The fourth-order valence-corrected chi connectivity index (χ4v) is 2.70. The molecule has 1 atom stereocenters. The summed E-state index contributed by atoms with van der Waals surface area (Å²) in [5.74, 6) is 1.42. The molecule has 1 aliphatic rings. The minimum atomic E-state index is -0.0622. The average molecular weight is 295 g/mol. The number of aryl methyl sites for hydroxylation is 1. The minimum absolute atomic E-state index is 0.0340. The molecule has 1 aliphatic heterocycles. The van der Waals surface area contributed by atoms with Gasteiger partial charge in [-0.15, -0.1) is 0 Å². The third kappa shape index (κ3) is 4.03. The maximum atomic E-state index is 11.7. The van der Waals surface area contributed by atoms with E-state index in [1.165, 1.54) is 0 Å². The molecule has 1 aromatic heterocycles. The van der Waals surface area contributed by atoms with Crippen molar-refractivity contribution in [1.29, 1.82) is 0 Å². The number of carbonyl (C=O) groups excluding carboxylic acids is 1. The number of piperidine rings is 1. The molecule has 2 heterocycles. The van der Waals surface area contributed by atoms with E-state index in [4.69, 9.17) is 9.26 Å². The third-order valence-electron chi connectivity index (χ3n) is 4.01. The van der Waals surface area contributed by atoms with Crippen LogP contribution in [0.3, 0.4) is 0 Å². The van der Waals surface area contributed by atoms with Gasteiger partial charge in [0.15, 0.2) is 5.82 Å². The summed E-state index contributed by atoms with van der Waals surface area (Å²) in [7, 11) is 0. The lowest BCUT2D eigenvalue weighted by molar-refractivity contribution is -0.149. The smallest absolute Gasteiger partial charge is 0.309 e. The summed E-state index contributed by atoms with van der Waals surface area (Å²) >= 11 is 0. The van der Waals surface area contributed by atoms with Crippen LogP contribution in [0.15, 0.2) is 4.52 Å². The first-order valence-electron chi connectivity index (χ1n) is 7.88. The third-order valence-corrected chi connectivity index (χ3v) is 4.01. The summed E-state index contributed by atoms with van der Waals surface area (Å²) in [6.45, 7) is 8.19. The first-order valence-corrected chi connectivity index (χ1v) is 7.88. The van der Waals surface area contributed by atoms with Crippen LogP contribution in [0.5, 0.6) is 0 Å². The second-order valence-corrected chi connectivity index (χ2v) is 5.54. The topological polar surface area (TPSA) is 68.5 Å². The van der Waals surface area contributed by atoms with Crippen molar-refractivity contribution in [3.8, 4) is 0 Å². The van der Waals surface area contributed by atoms with Crippen molar-refractivity contribution in [2.75, 3.05) is 19.7 Å². The molecule has 0 N–H and O–H groups in total. The molecule has 2 rings (SSSR count). The molecule has 0 aliphatic carbocycles. The molecule has 0 amide bonds. The fourth-order valence-electron chi connectivity index (χ4n) is 2.70. The van der Waals surface area contributed by atoms with Gasteiger partial charge in [0.1, 0.15) is 0 Å². The number of likely N-dealkylation sites (tertiary alicyclic amines) is 1. The Hall–Kier alpha value is -1.43. The zero-order chi connectivity index (χ0) is 15.2. The van der Waals surface area contributed by atoms with Crippen LogP contribution in [-0.4, -0.2) is 40.7 Å². The molecule has 6 heteroatoms. The van der Waals surface area contributed by atoms with Crippen molar-refractivity contribution in [2.24, 2.45) is 5.92 Å². The van der Waals surface area contributed by atoms with Gasteiger partial charge in [0.05, 0.1) is 18.6 Å². The molecule has 0 aromatic carbocycles. The quantitative estimate of drug-likeness (QED) is 0.750. The molecule has 0 bridgehead atoms. The highest BCUT2D eigenvalue weighted by molar-refractivity contribution is 5.72. The van der Waals surface area contributed by atoms with Crippen LogP contribution < -0.4 is 0 Å². The van der Waals surface area contributed by atoms with Crippen molar-refractivity contribution < 1.29 is 14.1 Å². The van der Waals surface area contributed by atoms with Gasteiger partial charge in [0.2, 0.25) is 5.89 Å². The van der Waals surface area contributed by atoms with Gasteiger partial charge in [-0.05, 0) is 46.2 Å². The number of hydrogen-bond donors (Lipinski definition) is 0. The molecule has 0 saturated carbocycles. The normalized spacial score (nSPS) is 18.6. The number of rotatable bonds is 6. The van der Waals surface area contributed by atoms with E-state index < -0.39 is 0 Å². The van der Waals surface area contributed by atoms with Crippen LogP contribution in [0.25, 0.3) is 0 Å². The molecule has 118 valence electrons. The summed E-state index contributed by atoms with van der Waals surface area (Å²) < 4.78 is 10.4. The van der Waals surface area contributed by atoms with E-state index in [1.807, 2.05) is 6.92 Å². The van der Waals surface area contributed by atoms with Crippen LogP contribution in [0.4, 0.5) is 0 Å². The van der Waals surface area contributed by atoms with Crippen LogP contribution in [0.2, 0.25) is 0 Å². The standard InChI is InChI=1S/C15H25N3O3/c1-4-6-13-16-14(21-17-13)11(3)18-9-7-12(8-10-18)15(19)20-5-2/h11-12H,4-10H2,1-3H3/t11-/m0/s1. The largest absolute Gasteiger partial charge is 0.466 e. The van der Waals surface area contributed by atoms with Gasteiger partial charge in [-0.2, -0.15) is 4.98 Å². The van der Waals surface area contributed by atoms with Gasteiger partial charge in [-0.3, -0.25) is 9.69 Å². The van der Waals surface area contributed by atoms with Crippen molar-refractivity contribution in [1.82, 2.24) is 15.0 Å². The van der Waals surface area contributed by atoms with Gasteiger partial charge < -0.3 is 9.26 Å². The van der Waals surface area contributed by atoms with E-state index >= 15 is 0 Å². The van der Waals surface area contributed by atoms with Crippen molar-refractivity contribution in [3.05, 3.63) is 11.7 Å². The predicted octanol–water partition coefficient (Wildman–Crippen LogP) is 2.36. The maximum absolute atomic E-state index is 11.7. The molecule has 6 nitrogen and oxygen atoms in total. The van der Waals surface area contributed by atoms with Crippen LogP contribution in [0, 0.1) is 5.92 Å². The van der Waals surface area contributed by atoms with E-state index in [9.17, 15) is 4.79 Å². The molecule has 1 aromatic rings. The zero-order valence-electron chi connectivity index (χ0n) is 13.2. The first-order chi connectivity index (χ1) is 10.2. The van der Waals surface area contributed by atoms with Crippen LogP contribution in [0.1, 0.15) is 57.8 Å². The number of esters is 1. The van der Waals surface area contributed by atoms with Crippen LogP contribution in [-0.2, 0) is 16.0 Å². The number of hydrogen-bond acceptors (Lipinski definition) is 6. The number of ether oxygens (including phenoxy) is 1. The van der Waals surface area contributed by atoms with E-state index in [0.29, 0.717) is 12.5 Å². The SMILES string of the molecule is CCCc1noc([C@H](C)N2CCC(C(=O)OCC)CC2)n1. The Bertz CT molecular complexity index is 453. The van der Waals surface area contributed by atoms with E-state index in [2.05, 4.69) is 28.9 Å². The highest BCUT2D eigenvalue weighted by atomic mass is 16.5. The molecule has 0 unspecified atom stereocenters. The lowest BCUT2D eigenvalue weighted by Crippen LogP contribution is -2.38. The molecule has 1 saturated heterocycles. The zero-order valence-corrected chi connectivity index (χ0v) is 13.2. The van der Waals surface area contributed by atoms with Gasteiger partial charge in [-0.1, -0.05) is 12.1 Å². The summed E-state index contributed by atoms with van der Waals surface area (Å²) in [6.07, 6.45) is 3.53. The Morgan fingerprint density at radius 3 is 2.76 bits per heavy atom. The molecule has 0 radical (unpaired) electrons. The summed E-state index contributed by atoms with van der Waals surface area (Å²) in [4.78, 5) is 18.5. The van der Waals surface area contributed by atoms with E-state index in [0.717, 1.165) is 44.6 Å². The van der Waals surface area contributed by atoms with Crippen molar-refractivity contribution in [3.63, 3.8) is 0 Å². The van der Waals surface area contributed by atoms with Crippen molar-refractivity contribution >= 4 is 5.97 Å². The second-order valence-electron chi connectivity index (χ2n) is 5.54. The molecule has 21 heavy (non-hydrogen) atoms. The predicted molar refractivity (Wildman–Crippen MR) is 77.6 cm³/mol.